The Morgan fingerprint density at radius 3 is 2.13 bits per heavy atom. The molecule has 0 atom stereocenters. The van der Waals surface area contributed by atoms with Crippen LogP contribution in [-0.4, -0.2) is 31.6 Å². The van der Waals surface area contributed by atoms with E-state index < -0.39 is 0 Å². The molecule has 1 fully saturated rings. The largest absolute Gasteiger partial charge is 0.374 e. The number of nitrogens with zero attached hydrogens (tertiary/aromatic N) is 2. The van der Waals surface area contributed by atoms with Crippen LogP contribution in [0, 0.1) is 17.3 Å². The monoisotopic (exact) mass is 316 g/mol. The number of hydrogen-bond acceptors (Lipinski definition) is 2. The van der Waals surface area contributed by atoms with Crippen LogP contribution in [-0.2, 0) is 6.54 Å². The molecule has 1 aliphatic rings. The number of likely N-dealkylation sites (tertiary alicyclic amines) is 1. The average molecular weight is 317 g/mol. The second-order valence-corrected chi connectivity index (χ2v) is 8.86. The molecule has 0 unspecified atom stereocenters. The molecule has 23 heavy (non-hydrogen) atoms. The molecule has 2 heteroatoms. The molecule has 130 valence electrons. The minimum atomic E-state index is 0.467. The molecule has 1 aromatic rings. The normalized spacial score (nSPS) is 17.7. The fourth-order valence-electron chi connectivity index (χ4n) is 3.72. The van der Waals surface area contributed by atoms with Gasteiger partial charge >= 0.3 is 0 Å². The molecule has 0 aromatic heterocycles. The van der Waals surface area contributed by atoms with E-state index in [0.29, 0.717) is 11.3 Å². The van der Waals surface area contributed by atoms with E-state index in [4.69, 9.17) is 0 Å². The molecule has 0 bridgehead atoms. The lowest BCUT2D eigenvalue weighted by atomic mass is 9.75. The van der Waals surface area contributed by atoms with Crippen molar-refractivity contribution in [3.05, 3.63) is 29.8 Å². The van der Waals surface area contributed by atoms with Gasteiger partial charge in [-0.05, 0) is 60.9 Å². The Hall–Kier alpha value is -1.02. The van der Waals surface area contributed by atoms with Crippen LogP contribution in [0.4, 0.5) is 5.69 Å². The molecule has 2 rings (SSSR count). The van der Waals surface area contributed by atoms with Gasteiger partial charge in [-0.2, -0.15) is 0 Å². The van der Waals surface area contributed by atoms with Crippen LogP contribution < -0.4 is 4.90 Å². The molecule has 0 saturated carbocycles. The van der Waals surface area contributed by atoms with Crippen molar-refractivity contribution in [3.8, 4) is 0 Å². The Labute approximate surface area is 143 Å². The summed E-state index contributed by atoms with van der Waals surface area (Å²) in [6, 6.07) is 9.17. The molecule has 0 amide bonds. The van der Waals surface area contributed by atoms with Crippen LogP contribution in [0.2, 0.25) is 0 Å². The second kappa shape index (κ2) is 7.70. The minimum absolute atomic E-state index is 0.467. The van der Waals surface area contributed by atoms with E-state index >= 15 is 0 Å². The smallest absolute Gasteiger partial charge is 0.0363 e. The number of rotatable bonds is 5. The Kier molecular flexibility index (Phi) is 6.13. The summed E-state index contributed by atoms with van der Waals surface area (Å²) in [6.45, 7) is 16.4. The Morgan fingerprint density at radius 2 is 1.65 bits per heavy atom. The zero-order valence-corrected chi connectivity index (χ0v) is 16.1. The standard InChI is InChI=1S/C21H36N2/c1-17(2)15-22(6)20-9-7-18(8-10-20)16-23-13-11-19(12-14-23)21(3,4)5/h7-10,17,19H,11-16H2,1-6H3. The van der Waals surface area contributed by atoms with E-state index in [1.807, 2.05) is 0 Å². The highest BCUT2D eigenvalue weighted by molar-refractivity contribution is 5.46. The van der Waals surface area contributed by atoms with Crippen molar-refractivity contribution in [2.75, 3.05) is 31.6 Å². The molecule has 0 radical (unpaired) electrons. The molecule has 1 aromatic carbocycles. The molecular formula is C21H36N2. The summed E-state index contributed by atoms with van der Waals surface area (Å²) < 4.78 is 0. The number of hydrogen-bond donors (Lipinski definition) is 0. The summed E-state index contributed by atoms with van der Waals surface area (Å²) in [5, 5.41) is 0. The lowest BCUT2D eigenvalue weighted by molar-refractivity contribution is 0.108. The summed E-state index contributed by atoms with van der Waals surface area (Å²) >= 11 is 0. The zero-order valence-electron chi connectivity index (χ0n) is 16.1. The van der Waals surface area contributed by atoms with Crippen molar-refractivity contribution < 1.29 is 0 Å². The Bertz CT molecular complexity index is 462. The van der Waals surface area contributed by atoms with Gasteiger partial charge in [-0.25, -0.2) is 0 Å². The molecule has 1 heterocycles. The highest BCUT2D eigenvalue weighted by Crippen LogP contribution is 2.34. The number of anilines is 1. The number of benzene rings is 1. The van der Waals surface area contributed by atoms with E-state index in [9.17, 15) is 0 Å². The third-order valence-corrected chi connectivity index (χ3v) is 5.23. The van der Waals surface area contributed by atoms with Gasteiger partial charge in [0.25, 0.3) is 0 Å². The summed E-state index contributed by atoms with van der Waals surface area (Å²) in [5.41, 5.74) is 3.24. The molecule has 2 nitrogen and oxygen atoms in total. The van der Waals surface area contributed by atoms with Crippen molar-refractivity contribution in [3.63, 3.8) is 0 Å². The van der Waals surface area contributed by atoms with Gasteiger partial charge in [0.1, 0.15) is 0 Å². The highest BCUT2D eigenvalue weighted by Gasteiger charge is 2.28. The lowest BCUT2D eigenvalue weighted by Gasteiger charge is -2.38. The first-order chi connectivity index (χ1) is 10.8. The van der Waals surface area contributed by atoms with Gasteiger partial charge in [0, 0.05) is 25.8 Å². The van der Waals surface area contributed by atoms with Crippen LogP contribution in [0.25, 0.3) is 0 Å². The molecule has 1 saturated heterocycles. The molecule has 1 aliphatic heterocycles. The highest BCUT2D eigenvalue weighted by atomic mass is 15.1. The van der Waals surface area contributed by atoms with Crippen molar-refractivity contribution in [2.24, 2.45) is 17.3 Å². The van der Waals surface area contributed by atoms with Gasteiger partial charge in [-0.1, -0.05) is 46.8 Å². The molecule has 0 aliphatic carbocycles. The Balaban J connectivity index is 1.85. The van der Waals surface area contributed by atoms with Crippen LogP contribution in [0.1, 0.15) is 53.0 Å². The quantitative estimate of drug-likeness (QED) is 0.751. The summed E-state index contributed by atoms with van der Waals surface area (Å²) in [7, 11) is 2.19. The molecule has 0 spiro atoms. The van der Waals surface area contributed by atoms with E-state index in [-0.39, 0.29) is 0 Å². The topological polar surface area (TPSA) is 6.48 Å². The first-order valence-corrected chi connectivity index (χ1v) is 9.28. The van der Waals surface area contributed by atoms with E-state index in [2.05, 4.69) is 75.7 Å². The van der Waals surface area contributed by atoms with Gasteiger partial charge in [0.2, 0.25) is 0 Å². The van der Waals surface area contributed by atoms with Gasteiger partial charge in [-0.15, -0.1) is 0 Å². The fraction of sp³-hybridized carbons (Fsp3) is 0.714. The first-order valence-electron chi connectivity index (χ1n) is 9.28. The number of piperidine rings is 1. The SMILES string of the molecule is CC(C)CN(C)c1ccc(CN2CCC(C(C)(C)C)CC2)cc1. The Morgan fingerprint density at radius 1 is 1.09 bits per heavy atom. The van der Waals surface area contributed by atoms with Crippen LogP contribution in [0.3, 0.4) is 0 Å². The first kappa shape index (κ1) is 18.3. The van der Waals surface area contributed by atoms with E-state index in [1.165, 1.54) is 37.2 Å². The van der Waals surface area contributed by atoms with Crippen LogP contribution in [0.15, 0.2) is 24.3 Å². The van der Waals surface area contributed by atoms with E-state index in [1.54, 1.807) is 0 Å². The van der Waals surface area contributed by atoms with Crippen molar-refractivity contribution in [2.45, 2.75) is 54.0 Å². The maximum absolute atomic E-state index is 2.62. The second-order valence-electron chi connectivity index (χ2n) is 8.86. The molecular weight excluding hydrogens is 280 g/mol. The minimum Gasteiger partial charge on any atom is -0.374 e. The zero-order chi connectivity index (χ0) is 17.0. The predicted octanol–water partition coefficient (Wildman–Crippen LogP) is 5.04. The van der Waals surface area contributed by atoms with Gasteiger partial charge in [0.15, 0.2) is 0 Å². The maximum atomic E-state index is 2.62. The fourth-order valence-corrected chi connectivity index (χ4v) is 3.72. The van der Waals surface area contributed by atoms with Gasteiger partial charge < -0.3 is 4.90 Å². The third kappa shape index (κ3) is 5.53. The van der Waals surface area contributed by atoms with Gasteiger partial charge in [-0.3, -0.25) is 4.90 Å². The van der Waals surface area contributed by atoms with Crippen molar-refractivity contribution in [1.29, 1.82) is 0 Å². The van der Waals surface area contributed by atoms with Crippen molar-refractivity contribution in [1.82, 2.24) is 4.90 Å². The maximum Gasteiger partial charge on any atom is 0.0363 e. The van der Waals surface area contributed by atoms with Gasteiger partial charge in [0.05, 0.1) is 0 Å². The third-order valence-electron chi connectivity index (χ3n) is 5.23. The summed E-state index contributed by atoms with van der Waals surface area (Å²) in [4.78, 5) is 4.97. The molecule has 0 N–H and O–H groups in total. The lowest BCUT2D eigenvalue weighted by Crippen LogP contribution is -2.37. The van der Waals surface area contributed by atoms with Crippen LogP contribution in [0.5, 0.6) is 0 Å². The van der Waals surface area contributed by atoms with Crippen LogP contribution >= 0.6 is 0 Å². The predicted molar refractivity (Wildman–Crippen MR) is 102 cm³/mol. The summed E-state index contributed by atoms with van der Waals surface area (Å²) in [5.74, 6) is 1.58. The summed E-state index contributed by atoms with van der Waals surface area (Å²) in [6.07, 6.45) is 2.69. The van der Waals surface area contributed by atoms with Crippen molar-refractivity contribution >= 4 is 5.69 Å². The van der Waals surface area contributed by atoms with E-state index in [0.717, 1.165) is 19.0 Å². The average Bonchev–Trinajstić information content (AvgIpc) is 2.47.